The molecule has 1 aliphatic carbocycles. The van der Waals surface area contributed by atoms with Gasteiger partial charge in [0.05, 0.1) is 11.5 Å². The number of benzene rings is 1. The zero-order chi connectivity index (χ0) is 10.2. The van der Waals surface area contributed by atoms with Crippen LogP contribution in [0.5, 0.6) is 0 Å². The van der Waals surface area contributed by atoms with Crippen LogP contribution < -0.4 is 0 Å². The molecule has 0 unspecified atom stereocenters. The summed E-state index contributed by atoms with van der Waals surface area (Å²) in [5.74, 6) is 0. The zero-order valence-electron chi connectivity index (χ0n) is 8.18. The molecule has 0 N–H and O–H groups in total. The van der Waals surface area contributed by atoms with Gasteiger partial charge in [0.15, 0.2) is 0 Å². The molecule has 0 heterocycles. The lowest BCUT2D eigenvalue weighted by Crippen LogP contribution is -2.33. The lowest BCUT2D eigenvalue weighted by atomic mass is 9.64. The van der Waals surface area contributed by atoms with Gasteiger partial charge in [-0.25, -0.2) is 0 Å². The molecule has 72 valence electrons. The highest BCUT2D eigenvalue weighted by Gasteiger charge is 2.41. The second-order valence-electron chi connectivity index (χ2n) is 3.98. The van der Waals surface area contributed by atoms with Crippen molar-refractivity contribution in [2.75, 3.05) is 0 Å². The van der Waals surface area contributed by atoms with Gasteiger partial charge in [-0.05, 0) is 43.4 Å². The van der Waals surface area contributed by atoms with Crippen LogP contribution >= 0.6 is 11.6 Å². The number of hydrogen-bond acceptors (Lipinski definition) is 1. The van der Waals surface area contributed by atoms with Crippen LogP contribution in [0.1, 0.15) is 30.4 Å². The number of halogens is 1. The van der Waals surface area contributed by atoms with E-state index in [-0.39, 0.29) is 5.41 Å². The van der Waals surface area contributed by atoms with Crippen molar-refractivity contribution in [1.82, 2.24) is 0 Å². The van der Waals surface area contributed by atoms with Gasteiger partial charge < -0.3 is 0 Å². The van der Waals surface area contributed by atoms with E-state index in [1.165, 1.54) is 0 Å². The molecule has 1 aromatic rings. The van der Waals surface area contributed by atoms with Crippen LogP contribution in [0.4, 0.5) is 0 Å². The van der Waals surface area contributed by atoms with E-state index >= 15 is 0 Å². The first-order valence-corrected chi connectivity index (χ1v) is 5.24. The lowest BCUT2D eigenvalue weighted by Gasteiger charge is -2.37. The van der Waals surface area contributed by atoms with Crippen molar-refractivity contribution >= 4 is 11.6 Å². The van der Waals surface area contributed by atoms with Crippen LogP contribution in [0.15, 0.2) is 18.2 Å². The van der Waals surface area contributed by atoms with Crippen molar-refractivity contribution in [3.63, 3.8) is 0 Å². The number of nitriles is 1. The van der Waals surface area contributed by atoms with Crippen molar-refractivity contribution in [1.29, 1.82) is 5.26 Å². The Hall–Kier alpha value is -1.00. The fourth-order valence-electron chi connectivity index (χ4n) is 2.19. The summed E-state index contributed by atoms with van der Waals surface area (Å²) in [5, 5.41) is 9.97. The van der Waals surface area contributed by atoms with Gasteiger partial charge in [-0.1, -0.05) is 23.7 Å². The number of hydrogen-bond donors (Lipinski definition) is 0. The summed E-state index contributed by atoms with van der Waals surface area (Å²) in [6.07, 6.45) is 3.04. The van der Waals surface area contributed by atoms with E-state index in [4.69, 9.17) is 11.6 Å². The Kier molecular flexibility index (Phi) is 2.25. The van der Waals surface area contributed by atoms with E-state index in [0.717, 1.165) is 35.4 Å². The van der Waals surface area contributed by atoms with E-state index in [9.17, 15) is 5.26 Å². The Labute approximate surface area is 89.3 Å². The van der Waals surface area contributed by atoms with Crippen LogP contribution in [0.25, 0.3) is 0 Å². The number of rotatable bonds is 1. The number of nitrogens with zero attached hydrogens (tertiary/aromatic N) is 1. The molecule has 1 nitrogen and oxygen atoms in total. The normalized spacial score (nSPS) is 18.4. The summed E-state index contributed by atoms with van der Waals surface area (Å²) in [7, 11) is 0. The standard InChI is InChI=1S/C12H12ClN/c1-9-4-2-5-10(13)11(9)12(8-14)6-3-7-12/h2,4-5H,3,6-7H2,1H3. The molecule has 1 aliphatic rings. The molecule has 14 heavy (non-hydrogen) atoms. The Balaban J connectivity index is 2.56. The Morgan fingerprint density at radius 2 is 2.14 bits per heavy atom. The van der Waals surface area contributed by atoms with Gasteiger partial charge in [0.2, 0.25) is 0 Å². The first-order valence-electron chi connectivity index (χ1n) is 4.86. The SMILES string of the molecule is Cc1cccc(Cl)c1C1(C#N)CCC1. The minimum absolute atomic E-state index is 0.289. The van der Waals surface area contributed by atoms with E-state index in [1.54, 1.807) is 0 Å². The smallest absolute Gasteiger partial charge is 0.0839 e. The first-order chi connectivity index (χ1) is 6.69. The van der Waals surface area contributed by atoms with E-state index in [2.05, 4.69) is 6.07 Å². The fraction of sp³-hybridized carbons (Fsp3) is 0.417. The van der Waals surface area contributed by atoms with Crippen molar-refractivity contribution in [3.05, 3.63) is 34.3 Å². The van der Waals surface area contributed by atoms with Gasteiger partial charge in [-0.2, -0.15) is 5.26 Å². The molecule has 0 aliphatic heterocycles. The summed E-state index contributed by atoms with van der Waals surface area (Å²) in [5.41, 5.74) is 1.90. The first kappa shape index (κ1) is 9.55. The average molecular weight is 206 g/mol. The molecule has 1 saturated carbocycles. The molecule has 2 heteroatoms. The van der Waals surface area contributed by atoms with Crippen molar-refractivity contribution in [3.8, 4) is 6.07 Å². The molecule has 0 amide bonds. The Morgan fingerprint density at radius 3 is 2.57 bits per heavy atom. The molecule has 0 atom stereocenters. The van der Waals surface area contributed by atoms with Crippen LogP contribution in [-0.4, -0.2) is 0 Å². The number of aryl methyl sites for hydroxylation is 1. The van der Waals surface area contributed by atoms with E-state index < -0.39 is 0 Å². The highest BCUT2D eigenvalue weighted by molar-refractivity contribution is 6.31. The predicted molar refractivity (Wildman–Crippen MR) is 57.3 cm³/mol. The second kappa shape index (κ2) is 3.29. The summed E-state index contributed by atoms with van der Waals surface area (Å²) >= 11 is 6.15. The molecule has 0 spiro atoms. The van der Waals surface area contributed by atoms with E-state index in [0.29, 0.717) is 0 Å². The summed E-state index contributed by atoms with van der Waals surface area (Å²) in [6, 6.07) is 8.27. The molecule has 0 radical (unpaired) electrons. The van der Waals surface area contributed by atoms with Gasteiger partial charge >= 0.3 is 0 Å². The minimum atomic E-state index is -0.289. The third-order valence-electron chi connectivity index (χ3n) is 3.12. The maximum Gasteiger partial charge on any atom is 0.0839 e. The molecular weight excluding hydrogens is 194 g/mol. The van der Waals surface area contributed by atoms with Crippen molar-refractivity contribution in [2.45, 2.75) is 31.6 Å². The summed E-state index contributed by atoms with van der Waals surface area (Å²) in [6.45, 7) is 2.03. The monoisotopic (exact) mass is 205 g/mol. The van der Waals surface area contributed by atoms with Crippen LogP contribution in [0, 0.1) is 18.3 Å². The van der Waals surface area contributed by atoms with Crippen LogP contribution in [0.2, 0.25) is 5.02 Å². The largest absolute Gasteiger partial charge is 0.197 e. The van der Waals surface area contributed by atoms with Crippen LogP contribution in [-0.2, 0) is 5.41 Å². The molecule has 0 aromatic heterocycles. The Morgan fingerprint density at radius 1 is 1.43 bits per heavy atom. The molecule has 0 bridgehead atoms. The molecule has 1 fully saturated rings. The van der Waals surface area contributed by atoms with Crippen LogP contribution in [0.3, 0.4) is 0 Å². The highest BCUT2D eigenvalue weighted by atomic mass is 35.5. The maximum absolute atomic E-state index is 9.23. The minimum Gasteiger partial charge on any atom is -0.197 e. The van der Waals surface area contributed by atoms with Gasteiger partial charge in [0.1, 0.15) is 0 Å². The summed E-state index contributed by atoms with van der Waals surface area (Å²) < 4.78 is 0. The average Bonchev–Trinajstić information content (AvgIpc) is 2.08. The fourth-order valence-corrected chi connectivity index (χ4v) is 2.59. The van der Waals surface area contributed by atoms with Gasteiger partial charge in [0, 0.05) is 5.02 Å². The summed E-state index contributed by atoms with van der Waals surface area (Å²) in [4.78, 5) is 0. The zero-order valence-corrected chi connectivity index (χ0v) is 8.93. The molecule has 1 aromatic carbocycles. The molecule has 2 rings (SSSR count). The Bertz CT molecular complexity index is 379. The quantitative estimate of drug-likeness (QED) is 0.688. The predicted octanol–water partition coefficient (Wildman–Crippen LogP) is 3.59. The highest BCUT2D eigenvalue weighted by Crippen LogP contribution is 2.46. The van der Waals surface area contributed by atoms with E-state index in [1.807, 2.05) is 25.1 Å². The third kappa shape index (κ3) is 1.22. The molecular formula is C12H12ClN. The second-order valence-corrected chi connectivity index (χ2v) is 4.39. The maximum atomic E-state index is 9.23. The van der Waals surface area contributed by atoms with Gasteiger partial charge in [-0.15, -0.1) is 0 Å². The third-order valence-corrected chi connectivity index (χ3v) is 3.44. The van der Waals surface area contributed by atoms with Gasteiger partial charge in [-0.3, -0.25) is 0 Å². The molecule has 0 saturated heterocycles. The van der Waals surface area contributed by atoms with Gasteiger partial charge in [0.25, 0.3) is 0 Å². The lowest BCUT2D eigenvalue weighted by molar-refractivity contribution is 0.323. The van der Waals surface area contributed by atoms with Crippen molar-refractivity contribution in [2.24, 2.45) is 0 Å². The van der Waals surface area contributed by atoms with Crippen molar-refractivity contribution < 1.29 is 0 Å². The topological polar surface area (TPSA) is 23.8 Å².